The summed E-state index contributed by atoms with van der Waals surface area (Å²) in [6.07, 6.45) is 2.14. The van der Waals surface area contributed by atoms with Gasteiger partial charge in [0, 0.05) is 74.5 Å². The Labute approximate surface area is 185 Å². The van der Waals surface area contributed by atoms with E-state index in [-0.39, 0.29) is 5.91 Å². The number of aromatic nitrogens is 1. The van der Waals surface area contributed by atoms with E-state index in [2.05, 4.69) is 90.0 Å². The standard InChI is InChI=1S/C26H34N4O/c1-21(2)28-15-17-30(18-16-28)26(31)24-9-10-25-23(19-24)11-12-29(25)14-13-27(3)20-22-7-5-4-6-8-22/h4-12,19,21H,13-18,20H2,1-3H3. The van der Waals surface area contributed by atoms with Gasteiger partial charge in [-0.3, -0.25) is 9.69 Å². The van der Waals surface area contributed by atoms with E-state index >= 15 is 0 Å². The summed E-state index contributed by atoms with van der Waals surface area (Å²) in [5, 5.41) is 1.14. The van der Waals surface area contributed by atoms with E-state index in [0.717, 1.165) is 56.8 Å². The molecule has 0 aliphatic carbocycles. The van der Waals surface area contributed by atoms with Crippen molar-refractivity contribution >= 4 is 16.8 Å². The number of piperazine rings is 1. The molecule has 1 aliphatic rings. The molecule has 5 nitrogen and oxygen atoms in total. The van der Waals surface area contributed by atoms with Crippen molar-refractivity contribution in [1.29, 1.82) is 0 Å². The lowest BCUT2D eigenvalue weighted by atomic mass is 10.1. The minimum Gasteiger partial charge on any atom is -0.346 e. The van der Waals surface area contributed by atoms with Crippen molar-refractivity contribution in [3.05, 3.63) is 71.9 Å². The maximum Gasteiger partial charge on any atom is 0.253 e. The molecule has 0 bridgehead atoms. The van der Waals surface area contributed by atoms with Crippen LogP contribution in [0.3, 0.4) is 0 Å². The quantitative estimate of drug-likeness (QED) is 0.582. The fraction of sp³-hybridized carbons (Fsp3) is 0.423. The minimum atomic E-state index is 0.153. The van der Waals surface area contributed by atoms with Gasteiger partial charge < -0.3 is 14.4 Å². The first-order valence-electron chi connectivity index (χ1n) is 11.4. The van der Waals surface area contributed by atoms with E-state index in [1.54, 1.807) is 0 Å². The van der Waals surface area contributed by atoms with Gasteiger partial charge in [-0.15, -0.1) is 0 Å². The van der Waals surface area contributed by atoms with E-state index in [1.807, 2.05) is 11.0 Å². The van der Waals surface area contributed by atoms with Gasteiger partial charge in [-0.2, -0.15) is 0 Å². The van der Waals surface area contributed by atoms with Crippen LogP contribution >= 0.6 is 0 Å². The molecule has 0 unspecified atom stereocenters. The average Bonchev–Trinajstić information content (AvgIpc) is 3.20. The van der Waals surface area contributed by atoms with Crippen LogP contribution in [0.2, 0.25) is 0 Å². The van der Waals surface area contributed by atoms with Crippen LogP contribution in [0.25, 0.3) is 10.9 Å². The van der Waals surface area contributed by atoms with Crippen LogP contribution in [-0.2, 0) is 13.1 Å². The maximum atomic E-state index is 13.0. The highest BCUT2D eigenvalue weighted by atomic mass is 16.2. The largest absolute Gasteiger partial charge is 0.346 e. The third kappa shape index (κ3) is 5.17. The SMILES string of the molecule is CC(C)N1CCN(C(=O)c2ccc3c(ccn3CCN(C)Cc3ccccc3)c2)CC1. The fourth-order valence-corrected chi connectivity index (χ4v) is 4.40. The minimum absolute atomic E-state index is 0.153. The summed E-state index contributed by atoms with van der Waals surface area (Å²) < 4.78 is 2.28. The Morgan fingerprint density at radius 3 is 2.45 bits per heavy atom. The molecule has 3 aromatic rings. The van der Waals surface area contributed by atoms with E-state index in [0.29, 0.717) is 6.04 Å². The van der Waals surface area contributed by atoms with Gasteiger partial charge in [0.25, 0.3) is 5.91 Å². The smallest absolute Gasteiger partial charge is 0.253 e. The molecule has 1 amide bonds. The van der Waals surface area contributed by atoms with Crippen LogP contribution < -0.4 is 0 Å². The van der Waals surface area contributed by atoms with E-state index in [9.17, 15) is 4.79 Å². The molecule has 4 rings (SSSR count). The molecule has 0 saturated carbocycles. The van der Waals surface area contributed by atoms with Crippen LogP contribution in [0.4, 0.5) is 0 Å². The Balaban J connectivity index is 1.37. The lowest BCUT2D eigenvalue weighted by Gasteiger charge is -2.37. The van der Waals surface area contributed by atoms with Gasteiger partial charge in [-0.1, -0.05) is 30.3 Å². The van der Waals surface area contributed by atoms with Crippen molar-refractivity contribution in [2.45, 2.75) is 33.0 Å². The molecule has 1 aromatic heterocycles. The summed E-state index contributed by atoms with van der Waals surface area (Å²) in [7, 11) is 2.16. The molecule has 2 aromatic carbocycles. The third-order valence-electron chi connectivity index (χ3n) is 6.37. The zero-order valence-electron chi connectivity index (χ0n) is 19.0. The predicted molar refractivity (Wildman–Crippen MR) is 127 cm³/mol. The average molecular weight is 419 g/mol. The number of likely N-dealkylation sites (N-methyl/N-ethyl adjacent to an activating group) is 1. The van der Waals surface area contributed by atoms with E-state index in [4.69, 9.17) is 0 Å². The lowest BCUT2D eigenvalue weighted by Crippen LogP contribution is -2.50. The molecular weight excluding hydrogens is 384 g/mol. The van der Waals surface area contributed by atoms with Crippen molar-refractivity contribution in [2.75, 3.05) is 39.8 Å². The molecular formula is C26H34N4O. The molecule has 0 N–H and O–H groups in total. The zero-order valence-corrected chi connectivity index (χ0v) is 19.0. The van der Waals surface area contributed by atoms with Gasteiger partial charge >= 0.3 is 0 Å². The maximum absolute atomic E-state index is 13.0. The molecule has 5 heteroatoms. The molecule has 1 fully saturated rings. The third-order valence-corrected chi connectivity index (χ3v) is 6.37. The first-order valence-corrected chi connectivity index (χ1v) is 11.4. The summed E-state index contributed by atoms with van der Waals surface area (Å²) in [5.74, 6) is 0.153. The first kappa shape index (κ1) is 21.6. The van der Waals surface area contributed by atoms with Crippen molar-refractivity contribution in [3.63, 3.8) is 0 Å². The highest BCUT2D eigenvalue weighted by Gasteiger charge is 2.23. The predicted octanol–water partition coefficient (Wildman–Crippen LogP) is 3.94. The first-order chi connectivity index (χ1) is 15.0. The highest BCUT2D eigenvalue weighted by Crippen LogP contribution is 2.20. The summed E-state index contributed by atoms with van der Waals surface area (Å²) in [6, 6.07) is 19.4. The number of nitrogens with zero attached hydrogens (tertiary/aromatic N) is 4. The summed E-state index contributed by atoms with van der Waals surface area (Å²) in [5.41, 5.74) is 3.32. The number of amides is 1. The number of fused-ring (bicyclic) bond motifs is 1. The summed E-state index contributed by atoms with van der Waals surface area (Å²) >= 11 is 0. The second-order valence-corrected chi connectivity index (χ2v) is 8.93. The lowest BCUT2D eigenvalue weighted by molar-refractivity contribution is 0.0595. The Bertz CT molecular complexity index is 1000. The van der Waals surface area contributed by atoms with Gasteiger partial charge in [0.2, 0.25) is 0 Å². The monoisotopic (exact) mass is 418 g/mol. The number of hydrogen-bond donors (Lipinski definition) is 0. The summed E-state index contributed by atoms with van der Waals surface area (Å²) in [4.78, 5) is 19.8. The van der Waals surface area contributed by atoms with Crippen molar-refractivity contribution < 1.29 is 4.79 Å². The molecule has 164 valence electrons. The van der Waals surface area contributed by atoms with Crippen LogP contribution in [0, 0.1) is 0 Å². The topological polar surface area (TPSA) is 31.7 Å². The normalized spacial score (nSPS) is 15.3. The Kier molecular flexibility index (Phi) is 6.73. The molecule has 1 saturated heterocycles. The van der Waals surface area contributed by atoms with Crippen molar-refractivity contribution in [2.24, 2.45) is 0 Å². The molecule has 2 heterocycles. The molecule has 31 heavy (non-hydrogen) atoms. The Morgan fingerprint density at radius 2 is 1.74 bits per heavy atom. The number of carbonyl (C=O) groups excluding carboxylic acids is 1. The van der Waals surface area contributed by atoms with Crippen LogP contribution in [-0.4, -0.2) is 71.0 Å². The van der Waals surface area contributed by atoms with Gasteiger partial charge in [-0.25, -0.2) is 0 Å². The molecule has 0 spiro atoms. The van der Waals surface area contributed by atoms with Gasteiger partial charge in [0.15, 0.2) is 0 Å². The molecule has 1 aliphatic heterocycles. The Morgan fingerprint density at radius 1 is 1.00 bits per heavy atom. The number of hydrogen-bond acceptors (Lipinski definition) is 3. The fourth-order valence-electron chi connectivity index (χ4n) is 4.40. The highest BCUT2D eigenvalue weighted by molar-refractivity contribution is 5.98. The Hall–Kier alpha value is -2.63. The van der Waals surface area contributed by atoms with Crippen molar-refractivity contribution in [1.82, 2.24) is 19.3 Å². The number of carbonyl (C=O) groups is 1. The zero-order chi connectivity index (χ0) is 21.8. The van der Waals surface area contributed by atoms with Gasteiger partial charge in [0.05, 0.1) is 0 Å². The summed E-state index contributed by atoms with van der Waals surface area (Å²) in [6.45, 7) is 10.8. The second-order valence-electron chi connectivity index (χ2n) is 8.93. The van der Waals surface area contributed by atoms with Crippen LogP contribution in [0.5, 0.6) is 0 Å². The second kappa shape index (κ2) is 9.67. The molecule has 0 radical (unpaired) electrons. The van der Waals surface area contributed by atoms with Crippen molar-refractivity contribution in [3.8, 4) is 0 Å². The number of rotatable bonds is 7. The number of benzene rings is 2. The van der Waals surface area contributed by atoms with Crippen LogP contribution in [0.15, 0.2) is 60.8 Å². The molecule has 0 atom stereocenters. The van der Waals surface area contributed by atoms with Crippen LogP contribution in [0.1, 0.15) is 29.8 Å². The van der Waals surface area contributed by atoms with Gasteiger partial charge in [0.1, 0.15) is 0 Å². The van der Waals surface area contributed by atoms with E-state index < -0.39 is 0 Å². The van der Waals surface area contributed by atoms with Gasteiger partial charge in [-0.05, 0) is 50.7 Å². The van der Waals surface area contributed by atoms with E-state index in [1.165, 1.54) is 11.1 Å².